The van der Waals surface area contributed by atoms with E-state index in [2.05, 4.69) is 25.7 Å². The molecule has 0 saturated heterocycles. The van der Waals surface area contributed by atoms with Crippen LogP contribution in [0.4, 0.5) is 0 Å². The molecule has 1 heterocycles. The minimum atomic E-state index is -1.23. The molecular formula is C15H17BrN2O5. The summed E-state index contributed by atoms with van der Waals surface area (Å²) in [6.07, 6.45) is 1.54. The number of phenolic OH excluding ortho intramolecular Hbond substituents is 1. The van der Waals surface area contributed by atoms with Gasteiger partial charge in [0, 0.05) is 11.6 Å². The third-order valence-electron chi connectivity index (χ3n) is 3.73. The zero-order valence-electron chi connectivity index (χ0n) is 12.8. The molecule has 23 heavy (non-hydrogen) atoms. The van der Waals surface area contributed by atoms with Crippen LogP contribution >= 0.6 is 15.9 Å². The normalized spacial score (nSPS) is 13.6. The Balaban J connectivity index is 2.69. The second-order valence-electron chi connectivity index (χ2n) is 5.07. The summed E-state index contributed by atoms with van der Waals surface area (Å²) in [7, 11) is 2.41. The van der Waals surface area contributed by atoms with Gasteiger partial charge in [0.15, 0.2) is 5.75 Å². The molecule has 0 aliphatic carbocycles. The third kappa shape index (κ3) is 2.91. The van der Waals surface area contributed by atoms with Crippen LogP contribution in [-0.2, 0) is 19.1 Å². The van der Waals surface area contributed by atoms with Gasteiger partial charge in [-0.25, -0.2) is 0 Å². The van der Waals surface area contributed by atoms with Gasteiger partial charge in [0.1, 0.15) is 12.0 Å². The number of methoxy groups -OCH3 is 2. The maximum absolute atomic E-state index is 12.2. The number of rotatable bonds is 4. The molecule has 0 radical (unpaired) electrons. The van der Waals surface area contributed by atoms with E-state index in [4.69, 9.17) is 10.5 Å². The first-order valence-corrected chi connectivity index (χ1v) is 7.53. The van der Waals surface area contributed by atoms with E-state index < -0.39 is 23.9 Å². The lowest BCUT2D eigenvalue weighted by atomic mass is 9.90. The molecule has 8 heteroatoms. The number of phenols is 1. The number of benzene rings is 1. The Labute approximate surface area is 140 Å². The summed E-state index contributed by atoms with van der Waals surface area (Å²) in [5.41, 5.74) is 7.59. The molecule has 0 amide bonds. The molecule has 0 bridgehead atoms. The lowest BCUT2D eigenvalue weighted by molar-refractivity contribution is -0.150. The average molecular weight is 385 g/mol. The van der Waals surface area contributed by atoms with Crippen LogP contribution < -0.4 is 5.73 Å². The second-order valence-corrected chi connectivity index (χ2v) is 5.92. The number of aromatic nitrogens is 1. The van der Waals surface area contributed by atoms with Gasteiger partial charge in [-0.2, -0.15) is 0 Å². The average Bonchev–Trinajstić information content (AvgIpc) is 2.97. The van der Waals surface area contributed by atoms with Crippen molar-refractivity contribution in [3.8, 4) is 5.75 Å². The lowest BCUT2D eigenvalue weighted by Gasteiger charge is -2.20. The quantitative estimate of drug-likeness (QED) is 0.691. The van der Waals surface area contributed by atoms with E-state index in [-0.39, 0.29) is 5.75 Å². The number of nitrogens with one attached hydrogen (secondary N) is 1. The Kier molecular flexibility index (Phi) is 4.96. The molecule has 2 atom stereocenters. The van der Waals surface area contributed by atoms with E-state index in [1.54, 1.807) is 6.07 Å². The minimum Gasteiger partial charge on any atom is -0.505 e. The molecule has 7 nitrogen and oxygen atoms in total. The number of aromatic hydroxyl groups is 1. The number of aromatic amines is 1. The molecule has 2 rings (SSSR count). The molecule has 0 aliphatic rings. The number of hydrogen-bond donors (Lipinski definition) is 3. The highest BCUT2D eigenvalue weighted by molar-refractivity contribution is 9.10. The summed E-state index contributed by atoms with van der Waals surface area (Å²) in [6.45, 7) is 1.82. The SMILES string of the molecule is COC(=O)C(N)C(C(=O)OC)c1c[nH]c2c(O)c(Br)cc(C)c12. The van der Waals surface area contributed by atoms with Gasteiger partial charge in [0.25, 0.3) is 0 Å². The number of H-pyrrole nitrogens is 1. The molecule has 0 saturated carbocycles. The maximum Gasteiger partial charge on any atom is 0.323 e. The Morgan fingerprint density at radius 2 is 1.91 bits per heavy atom. The number of carbonyl (C=O) groups excluding carboxylic acids is 2. The van der Waals surface area contributed by atoms with E-state index in [1.807, 2.05) is 6.92 Å². The van der Waals surface area contributed by atoms with Crippen molar-refractivity contribution < 1.29 is 24.2 Å². The van der Waals surface area contributed by atoms with Crippen molar-refractivity contribution in [3.05, 3.63) is 27.9 Å². The summed E-state index contributed by atoms with van der Waals surface area (Å²) >= 11 is 3.26. The van der Waals surface area contributed by atoms with Crippen LogP contribution in [0.1, 0.15) is 17.0 Å². The minimum absolute atomic E-state index is 0.00658. The molecule has 1 aromatic heterocycles. The van der Waals surface area contributed by atoms with Gasteiger partial charge < -0.3 is 25.3 Å². The Morgan fingerprint density at radius 1 is 1.30 bits per heavy atom. The van der Waals surface area contributed by atoms with E-state index in [0.29, 0.717) is 20.9 Å². The van der Waals surface area contributed by atoms with Gasteiger partial charge in [-0.3, -0.25) is 9.59 Å². The number of nitrogens with two attached hydrogens (primary N) is 1. The first-order chi connectivity index (χ1) is 10.8. The fraction of sp³-hybridized carbons (Fsp3) is 0.333. The van der Waals surface area contributed by atoms with Gasteiger partial charge in [-0.05, 0) is 40.0 Å². The monoisotopic (exact) mass is 384 g/mol. The molecule has 2 unspecified atom stereocenters. The van der Waals surface area contributed by atoms with Gasteiger partial charge >= 0.3 is 11.9 Å². The lowest BCUT2D eigenvalue weighted by Crippen LogP contribution is -2.41. The smallest absolute Gasteiger partial charge is 0.323 e. The van der Waals surface area contributed by atoms with E-state index in [0.717, 1.165) is 5.56 Å². The zero-order valence-corrected chi connectivity index (χ0v) is 14.4. The number of hydrogen-bond acceptors (Lipinski definition) is 6. The molecular weight excluding hydrogens is 368 g/mol. The number of fused-ring (bicyclic) bond motifs is 1. The van der Waals surface area contributed by atoms with Gasteiger partial charge in [0.05, 0.1) is 24.2 Å². The fourth-order valence-electron chi connectivity index (χ4n) is 2.61. The van der Waals surface area contributed by atoms with Crippen molar-refractivity contribution in [2.45, 2.75) is 18.9 Å². The predicted octanol–water partition coefficient (Wildman–Crippen LogP) is 1.70. The van der Waals surface area contributed by atoms with Crippen LogP contribution in [0.25, 0.3) is 10.9 Å². The van der Waals surface area contributed by atoms with Crippen LogP contribution in [0.3, 0.4) is 0 Å². The topological polar surface area (TPSA) is 115 Å². The molecule has 124 valence electrons. The number of halogens is 1. The molecule has 4 N–H and O–H groups in total. The van der Waals surface area contributed by atoms with Crippen LogP contribution in [0.5, 0.6) is 5.75 Å². The number of ether oxygens (including phenoxy) is 2. The highest BCUT2D eigenvalue weighted by atomic mass is 79.9. The largest absolute Gasteiger partial charge is 0.505 e. The predicted molar refractivity (Wildman–Crippen MR) is 87.1 cm³/mol. The van der Waals surface area contributed by atoms with Crippen LogP contribution in [0, 0.1) is 6.92 Å². The van der Waals surface area contributed by atoms with Crippen molar-refractivity contribution in [1.82, 2.24) is 4.98 Å². The molecule has 1 aromatic carbocycles. The van der Waals surface area contributed by atoms with Crippen molar-refractivity contribution in [1.29, 1.82) is 0 Å². The Bertz CT molecular complexity index is 771. The van der Waals surface area contributed by atoms with Crippen LogP contribution in [0.2, 0.25) is 0 Å². The molecule has 0 fully saturated rings. The molecule has 0 spiro atoms. The molecule has 2 aromatic rings. The van der Waals surface area contributed by atoms with Gasteiger partial charge in [-0.15, -0.1) is 0 Å². The summed E-state index contributed by atoms with van der Waals surface area (Å²) in [6, 6.07) is 0.490. The summed E-state index contributed by atoms with van der Waals surface area (Å²) < 4.78 is 9.93. The summed E-state index contributed by atoms with van der Waals surface area (Å²) in [5, 5.41) is 10.8. The number of esters is 2. The van der Waals surface area contributed by atoms with Gasteiger partial charge in [0.2, 0.25) is 0 Å². The number of aryl methyl sites for hydroxylation is 1. The van der Waals surface area contributed by atoms with Crippen molar-refractivity contribution in [3.63, 3.8) is 0 Å². The van der Waals surface area contributed by atoms with Crippen molar-refractivity contribution >= 4 is 38.8 Å². The van der Waals surface area contributed by atoms with Crippen LogP contribution in [-0.4, -0.2) is 42.3 Å². The number of carbonyl (C=O) groups is 2. The Morgan fingerprint density at radius 3 is 2.48 bits per heavy atom. The zero-order chi connectivity index (χ0) is 17.3. The standard InChI is InChI=1S/C15H17BrN2O5/c1-6-4-8(16)13(19)12-9(6)7(5-18-12)10(14(20)22-2)11(17)15(21)23-3/h4-5,10-11,18-19H,17H2,1-3H3. The second kappa shape index (κ2) is 6.59. The molecule has 0 aliphatic heterocycles. The van der Waals surface area contributed by atoms with Gasteiger partial charge in [-0.1, -0.05) is 0 Å². The third-order valence-corrected chi connectivity index (χ3v) is 4.34. The highest BCUT2D eigenvalue weighted by Gasteiger charge is 2.36. The van der Waals surface area contributed by atoms with E-state index >= 15 is 0 Å². The summed E-state index contributed by atoms with van der Waals surface area (Å²) in [4.78, 5) is 26.9. The first kappa shape index (κ1) is 17.3. The van der Waals surface area contributed by atoms with Crippen molar-refractivity contribution in [2.75, 3.05) is 14.2 Å². The van der Waals surface area contributed by atoms with Crippen LogP contribution in [0.15, 0.2) is 16.7 Å². The van der Waals surface area contributed by atoms with Crippen molar-refractivity contribution in [2.24, 2.45) is 5.73 Å². The first-order valence-electron chi connectivity index (χ1n) is 6.73. The summed E-state index contributed by atoms with van der Waals surface area (Å²) in [5.74, 6) is -2.44. The fourth-order valence-corrected chi connectivity index (χ4v) is 3.15. The highest BCUT2D eigenvalue weighted by Crippen LogP contribution is 2.39. The maximum atomic E-state index is 12.2. The van der Waals surface area contributed by atoms with E-state index in [9.17, 15) is 14.7 Å². The Hall–Kier alpha value is -2.06. The van der Waals surface area contributed by atoms with E-state index in [1.165, 1.54) is 20.4 Å².